The van der Waals surface area contributed by atoms with Crippen LogP contribution in [0.5, 0.6) is 0 Å². The van der Waals surface area contributed by atoms with Crippen LogP contribution in [0.2, 0.25) is 0 Å². The van der Waals surface area contributed by atoms with Crippen molar-refractivity contribution in [1.29, 1.82) is 0 Å². The highest BCUT2D eigenvalue weighted by atomic mass is 16.5. The van der Waals surface area contributed by atoms with Crippen LogP contribution in [0.25, 0.3) is 0 Å². The van der Waals surface area contributed by atoms with E-state index in [1.807, 2.05) is 18.2 Å². The number of hydrogen-bond acceptors (Lipinski definition) is 4. The van der Waals surface area contributed by atoms with E-state index in [1.54, 1.807) is 12.1 Å². The molecule has 3 N–H and O–H groups in total. The molecule has 0 saturated carbocycles. The zero-order valence-corrected chi connectivity index (χ0v) is 12.5. The van der Waals surface area contributed by atoms with Crippen molar-refractivity contribution in [1.82, 2.24) is 5.32 Å². The first-order valence-electron chi connectivity index (χ1n) is 7.31. The molecule has 0 fully saturated rings. The standard InChI is InChI=1S/C16H24N2O3/c1-21-16(20)15(13-9-5-4-6-10-13)18-14(19)11-7-2-3-8-12-17/h4-6,9-10,15H,2-3,7-8,11-12,17H2,1H3,(H,18,19). The van der Waals surface area contributed by atoms with Gasteiger partial charge in [0.2, 0.25) is 5.91 Å². The molecule has 1 atom stereocenters. The van der Waals surface area contributed by atoms with Gasteiger partial charge in [0.1, 0.15) is 0 Å². The van der Waals surface area contributed by atoms with Gasteiger partial charge in [-0.05, 0) is 24.9 Å². The van der Waals surface area contributed by atoms with Crippen LogP contribution < -0.4 is 11.1 Å². The highest BCUT2D eigenvalue weighted by Gasteiger charge is 2.22. The second kappa shape index (κ2) is 9.94. The lowest BCUT2D eigenvalue weighted by molar-refractivity contribution is -0.145. The molecule has 0 heterocycles. The second-order valence-electron chi connectivity index (χ2n) is 4.89. The number of carbonyl (C=O) groups is 2. The Morgan fingerprint density at radius 2 is 1.81 bits per heavy atom. The van der Waals surface area contributed by atoms with E-state index in [-0.39, 0.29) is 5.91 Å². The summed E-state index contributed by atoms with van der Waals surface area (Å²) in [5.74, 6) is -0.598. The third-order valence-corrected chi connectivity index (χ3v) is 3.23. The van der Waals surface area contributed by atoms with E-state index in [2.05, 4.69) is 5.32 Å². The fraction of sp³-hybridized carbons (Fsp3) is 0.500. The minimum absolute atomic E-state index is 0.137. The molecule has 1 rings (SSSR count). The molecule has 1 unspecified atom stereocenters. The lowest BCUT2D eigenvalue weighted by Gasteiger charge is -2.16. The van der Waals surface area contributed by atoms with Crippen molar-refractivity contribution in [3.63, 3.8) is 0 Å². The largest absolute Gasteiger partial charge is 0.467 e. The molecular formula is C16H24N2O3. The lowest BCUT2D eigenvalue weighted by Crippen LogP contribution is -2.34. The minimum atomic E-state index is -0.743. The van der Waals surface area contributed by atoms with E-state index in [0.717, 1.165) is 31.2 Å². The van der Waals surface area contributed by atoms with Crippen LogP contribution in [0.3, 0.4) is 0 Å². The highest BCUT2D eigenvalue weighted by molar-refractivity contribution is 5.85. The van der Waals surface area contributed by atoms with Crippen LogP contribution in [-0.2, 0) is 14.3 Å². The van der Waals surface area contributed by atoms with Gasteiger partial charge in [0.25, 0.3) is 0 Å². The normalized spacial score (nSPS) is 11.7. The SMILES string of the molecule is COC(=O)C(NC(=O)CCCCCCN)c1ccccc1. The number of methoxy groups -OCH3 is 1. The van der Waals surface area contributed by atoms with Crippen molar-refractivity contribution in [3.05, 3.63) is 35.9 Å². The number of benzene rings is 1. The summed E-state index contributed by atoms with van der Waals surface area (Å²) >= 11 is 0. The molecule has 116 valence electrons. The summed E-state index contributed by atoms with van der Waals surface area (Å²) in [6.45, 7) is 0.685. The van der Waals surface area contributed by atoms with E-state index in [9.17, 15) is 9.59 Å². The van der Waals surface area contributed by atoms with Crippen molar-refractivity contribution < 1.29 is 14.3 Å². The average molecular weight is 292 g/mol. The Hall–Kier alpha value is -1.88. The molecule has 0 saturated heterocycles. The fourth-order valence-electron chi connectivity index (χ4n) is 2.06. The van der Waals surface area contributed by atoms with Gasteiger partial charge < -0.3 is 15.8 Å². The molecule has 0 aliphatic rings. The summed E-state index contributed by atoms with van der Waals surface area (Å²) in [5, 5.41) is 2.74. The van der Waals surface area contributed by atoms with Crippen LogP contribution >= 0.6 is 0 Å². The highest BCUT2D eigenvalue weighted by Crippen LogP contribution is 2.14. The minimum Gasteiger partial charge on any atom is -0.467 e. The van der Waals surface area contributed by atoms with Gasteiger partial charge in [-0.1, -0.05) is 43.2 Å². The third kappa shape index (κ3) is 6.40. The Balaban J connectivity index is 2.50. The Morgan fingerprint density at radius 3 is 2.43 bits per heavy atom. The Morgan fingerprint density at radius 1 is 1.14 bits per heavy atom. The molecular weight excluding hydrogens is 268 g/mol. The van der Waals surface area contributed by atoms with Gasteiger partial charge in [-0.25, -0.2) is 4.79 Å². The molecule has 1 aromatic rings. The van der Waals surface area contributed by atoms with E-state index < -0.39 is 12.0 Å². The van der Waals surface area contributed by atoms with Gasteiger partial charge in [-0.15, -0.1) is 0 Å². The van der Waals surface area contributed by atoms with E-state index in [1.165, 1.54) is 7.11 Å². The Labute approximate surface area is 125 Å². The van der Waals surface area contributed by atoms with Crippen LogP contribution in [0, 0.1) is 0 Å². The van der Waals surface area contributed by atoms with Crippen molar-refractivity contribution in [3.8, 4) is 0 Å². The lowest BCUT2D eigenvalue weighted by atomic mass is 10.1. The van der Waals surface area contributed by atoms with Gasteiger partial charge in [0.15, 0.2) is 6.04 Å². The van der Waals surface area contributed by atoms with E-state index in [4.69, 9.17) is 10.5 Å². The Bertz CT molecular complexity index is 434. The quantitative estimate of drug-likeness (QED) is 0.538. The van der Waals surface area contributed by atoms with Gasteiger partial charge in [-0.2, -0.15) is 0 Å². The van der Waals surface area contributed by atoms with Gasteiger partial charge in [0.05, 0.1) is 7.11 Å². The molecule has 0 spiro atoms. The number of nitrogens with one attached hydrogen (secondary N) is 1. The van der Waals surface area contributed by atoms with Crippen LogP contribution in [-0.4, -0.2) is 25.5 Å². The molecule has 0 radical (unpaired) electrons. The second-order valence-corrected chi connectivity index (χ2v) is 4.89. The molecule has 0 aromatic heterocycles. The van der Waals surface area contributed by atoms with Crippen molar-refractivity contribution in [2.24, 2.45) is 5.73 Å². The molecule has 1 amide bonds. The summed E-state index contributed by atoms with van der Waals surface area (Å²) in [6, 6.07) is 8.35. The fourth-order valence-corrected chi connectivity index (χ4v) is 2.06. The van der Waals surface area contributed by atoms with E-state index in [0.29, 0.717) is 13.0 Å². The third-order valence-electron chi connectivity index (χ3n) is 3.23. The van der Waals surface area contributed by atoms with Crippen LogP contribution in [0.15, 0.2) is 30.3 Å². The average Bonchev–Trinajstić information content (AvgIpc) is 2.52. The smallest absolute Gasteiger partial charge is 0.333 e. The Kier molecular flexibility index (Phi) is 8.12. The van der Waals surface area contributed by atoms with Crippen molar-refractivity contribution in [2.45, 2.75) is 38.1 Å². The maximum atomic E-state index is 11.9. The molecule has 5 nitrogen and oxygen atoms in total. The summed E-state index contributed by atoms with van der Waals surface area (Å²) in [4.78, 5) is 23.7. The molecule has 0 aliphatic heterocycles. The van der Waals surface area contributed by atoms with Crippen LogP contribution in [0.4, 0.5) is 0 Å². The van der Waals surface area contributed by atoms with Crippen molar-refractivity contribution >= 4 is 11.9 Å². The number of nitrogens with two attached hydrogens (primary N) is 1. The maximum Gasteiger partial charge on any atom is 0.333 e. The van der Waals surface area contributed by atoms with Crippen molar-refractivity contribution in [2.75, 3.05) is 13.7 Å². The van der Waals surface area contributed by atoms with E-state index >= 15 is 0 Å². The van der Waals surface area contributed by atoms with Crippen LogP contribution in [0.1, 0.15) is 43.7 Å². The summed E-state index contributed by atoms with van der Waals surface area (Å²) in [5.41, 5.74) is 6.14. The maximum absolute atomic E-state index is 11.9. The zero-order valence-electron chi connectivity index (χ0n) is 12.5. The first kappa shape index (κ1) is 17.2. The number of carbonyl (C=O) groups excluding carboxylic acids is 2. The monoisotopic (exact) mass is 292 g/mol. The molecule has 5 heteroatoms. The predicted octanol–water partition coefficient (Wildman–Crippen LogP) is 1.93. The molecule has 21 heavy (non-hydrogen) atoms. The number of rotatable bonds is 9. The number of amides is 1. The summed E-state index contributed by atoms with van der Waals surface area (Å²) in [7, 11) is 1.32. The predicted molar refractivity (Wildman–Crippen MR) is 81.5 cm³/mol. The first-order valence-corrected chi connectivity index (χ1v) is 7.31. The van der Waals surface area contributed by atoms with Gasteiger partial charge >= 0.3 is 5.97 Å². The first-order chi connectivity index (χ1) is 10.2. The summed E-state index contributed by atoms with van der Waals surface area (Å²) in [6.07, 6.45) is 4.19. The molecule has 0 bridgehead atoms. The zero-order chi connectivity index (χ0) is 15.5. The number of unbranched alkanes of at least 4 members (excludes halogenated alkanes) is 3. The summed E-state index contributed by atoms with van der Waals surface area (Å²) < 4.78 is 4.76. The van der Waals surface area contributed by atoms with Gasteiger partial charge in [0, 0.05) is 6.42 Å². The topological polar surface area (TPSA) is 81.4 Å². The number of esters is 1. The number of ether oxygens (including phenoxy) is 1. The molecule has 0 aliphatic carbocycles. The number of hydrogen-bond donors (Lipinski definition) is 2. The van der Waals surface area contributed by atoms with Gasteiger partial charge in [-0.3, -0.25) is 4.79 Å². The molecule has 1 aromatic carbocycles.